The molecule has 0 aliphatic heterocycles. The second-order valence-electron chi connectivity index (χ2n) is 18.9. The van der Waals surface area contributed by atoms with Crippen LogP contribution in [0.5, 0.6) is 0 Å². The Kier molecular flexibility index (Phi) is 47.9. The van der Waals surface area contributed by atoms with Crippen molar-refractivity contribution in [2.24, 2.45) is 0 Å². The van der Waals surface area contributed by atoms with Gasteiger partial charge in [-0.25, -0.2) is 0 Å². The van der Waals surface area contributed by atoms with E-state index in [1.807, 2.05) is 21.1 Å². The van der Waals surface area contributed by atoms with Crippen LogP contribution in [0, 0.1) is 0 Å². The molecule has 0 N–H and O–H groups in total. The molecule has 9 heteroatoms. The van der Waals surface area contributed by atoms with Crippen LogP contribution >= 0.6 is 7.82 Å². The van der Waals surface area contributed by atoms with E-state index in [0.29, 0.717) is 24.1 Å². The van der Waals surface area contributed by atoms with Gasteiger partial charge in [0.15, 0.2) is 0 Å². The van der Waals surface area contributed by atoms with Crippen LogP contribution in [0.2, 0.25) is 0 Å². The first kappa shape index (κ1) is 64.4. The molecule has 0 saturated heterocycles. The van der Waals surface area contributed by atoms with Gasteiger partial charge in [0.05, 0.1) is 34.4 Å². The summed E-state index contributed by atoms with van der Waals surface area (Å²) in [6.45, 7) is 5.23. The Labute approximate surface area is 413 Å². The number of phosphoric ester groups is 1. The van der Waals surface area contributed by atoms with Crippen molar-refractivity contribution in [3.05, 3.63) is 97.2 Å². The van der Waals surface area contributed by atoms with Gasteiger partial charge >= 0.3 is 5.97 Å². The molecule has 0 aliphatic rings. The number of ether oxygens (including phenoxy) is 2. The van der Waals surface area contributed by atoms with Crippen LogP contribution in [-0.4, -0.2) is 70.7 Å². The quantitative estimate of drug-likeness (QED) is 0.0197. The van der Waals surface area contributed by atoms with E-state index in [9.17, 15) is 14.3 Å². The number of nitrogens with zero attached hydrogens (tertiary/aromatic N) is 1. The molecule has 0 bridgehead atoms. The van der Waals surface area contributed by atoms with Crippen molar-refractivity contribution >= 4 is 13.8 Å². The predicted molar refractivity (Wildman–Crippen MR) is 286 cm³/mol. The summed E-state index contributed by atoms with van der Waals surface area (Å²) in [4.78, 5) is 25.2. The fraction of sp³-hybridized carbons (Fsp3) is 0.707. The van der Waals surface area contributed by atoms with Crippen molar-refractivity contribution in [3.63, 3.8) is 0 Å². The number of phosphoric acid groups is 1. The third-order valence-electron chi connectivity index (χ3n) is 11.1. The molecular weight excluding hydrogens is 854 g/mol. The number of likely N-dealkylation sites (N-methyl/N-ethyl adjacent to an activating group) is 1. The second kappa shape index (κ2) is 49.8. The SMILES string of the molecule is CC/C=C\C/C=C\C/C=C\C/C=C\C/C=C\CCCCCCCCCCCC(=O)OC(COCCCCCCCCC/C=C\C/C=C\C/C=C\CCCCC)COP(=O)([O-])OCC[N+](C)(C)C. The zero-order valence-electron chi connectivity index (χ0n) is 43.8. The lowest BCUT2D eigenvalue weighted by Gasteiger charge is -2.28. The Morgan fingerprint density at radius 3 is 1.30 bits per heavy atom. The van der Waals surface area contributed by atoms with E-state index in [2.05, 4.69) is 111 Å². The highest BCUT2D eigenvalue weighted by Gasteiger charge is 2.20. The molecule has 0 saturated carbocycles. The molecule has 386 valence electrons. The monoisotopic (exact) mass is 956 g/mol. The van der Waals surface area contributed by atoms with Gasteiger partial charge in [0, 0.05) is 13.0 Å². The van der Waals surface area contributed by atoms with E-state index in [1.165, 1.54) is 89.9 Å². The summed E-state index contributed by atoms with van der Waals surface area (Å²) >= 11 is 0. The van der Waals surface area contributed by atoms with Gasteiger partial charge in [-0.3, -0.25) is 9.36 Å². The normalized spacial score (nSPS) is 14.3. The molecule has 67 heavy (non-hydrogen) atoms. The number of esters is 1. The van der Waals surface area contributed by atoms with Crippen molar-refractivity contribution in [1.82, 2.24) is 0 Å². The Hall–Kier alpha value is -2.58. The minimum absolute atomic E-state index is 0.0175. The average molecular weight is 956 g/mol. The van der Waals surface area contributed by atoms with Gasteiger partial charge < -0.3 is 27.9 Å². The Bertz CT molecular complexity index is 1390. The largest absolute Gasteiger partial charge is 0.756 e. The van der Waals surface area contributed by atoms with Crippen LogP contribution < -0.4 is 4.89 Å². The molecule has 0 radical (unpaired) electrons. The van der Waals surface area contributed by atoms with Gasteiger partial charge in [0.25, 0.3) is 7.82 Å². The van der Waals surface area contributed by atoms with E-state index >= 15 is 0 Å². The molecule has 0 fully saturated rings. The molecule has 0 heterocycles. The maximum atomic E-state index is 12.8. The molecule has 2 unspecified atom stereocenters. The summed E-state index contributed by atoms with van der Waals surface area (Å²) in [7, 11) is 1.33. The molecule has 0 aromatic carbocycles. The minimum atomic E-state index is -4.54. The molecule has 2 atom stereocenters. The molecule has 0 aromatic rings. The molecular formula is C58H102NO7P. The van der Waals surface area contributed by atoms with Crippen molar-refractivity contribution in [2.75, 3.05) is 54.1 Å². The van der Waals surface area contributed by atoms with Gasteiger partial charge in [0.2, 0.25) is 0 Å². The van der Waals surface area contributed by atoms with Crippen LogP contribution in [0.15, 0.2) is 97.2 Å². The summed E-state index contributed by atoms with van der Waals surface area (Å²) in [5.74, 6) is -0.347. The van der Waals surface area contributed by atoms with E-state index in [1.54, 1.807) is 0 Å². The third kappa shape index (κ3) is 54.2. The second-order valence-corrected chi connectivity index (χ2v) is 20.3. The number of rotatable bonds is 49. The Balaban J connectivity index is 4.17. The summed E-state index contributed by atoms with van der Waals surface area (Å²) in [6, 6.07) is 0. The highest BCUT2D eigenvalue weighted by atomic mass is 31.2. The highest BCUT2D eigenvalue weighted by Crippen LogP contribution is 2.38. The van der Waals surface area contributed by atoms with Crippen molar-refractivity contribution in [2.45, 2.75) is 213 Å². The first-order valence-electron chi connectivity index (χ1n) is 27.0. The summed E-state index contributed by atoms with van der Waals surface area (Å²) in [5.41, 5.74) is 0. The van der Waals surface area contributed by atoms with Gasteiger partial charge in [-0.1, -0.05) is 201 Å². The lowest BCUT2D eigenvalue weighted by atomic mass is 10.1. The Morgan fingerprint density at radius 1 is 0.478 bits per heavy atom. The fourth-order valence-electron chi connectivity index (χ4n) is 6.99. The number of allylic oxidation sites excluding steroid dienone is 16. The van der Waals surface area contributed by atoms with Crippen LogP contribution in [0.1, 0.15) is 206 Å². The smallest absolute Gasteiger partial charge is 0.306 e. The maximum absolute atomic E-state index is 12.8. The minimum Gasteiger partial charge on any atom is -0.756 e. The van der Waals surface area contributed by atoms with E-state index in [4.69, 9.17) is 18.5 Å². The average Bonchev–Trinajstić information content (AvgIpc) is 3.29. The van der Waals surface area contributed by atoms with E-state index < -0.39 is 13.9 Å². The van der Waals surface area contributed by atoms with Crippen LogP contribution in [0.4, 0.5) is 0 Å². The highest BCUT2D eigenvalue weighted by molar-refractivity contribution is 7.45. The number of carbonyl (C=O) groups excluding carboxylic acids is 1. The van der Waals surface area contributed by atoms with Gasteiger partial charge in [0.1, 0.15) is 19.3 Å². The van der Waals surface area contributed by atoms with Gasteiger partial charge in [-0.2, -0.15) is 0 Å². The molecule has 0 aliphatic carbocycles. The number of unbranched alkanes of at least 4 members (excludes halogenated alkanes) is 19. The van der Waals surface area contributed by atoms with Crippen molar-refractivity contribution < 1.29 is 37.3 Å². The first-order chi connectivity index (χ1) is 32.6. The first-order valence-corrected chi connectivity index (χ1v) is 28.4. The number of quaternary nitrogens is 1. The lowest BCUT2D eigenvalue weighted by molar-refractivity contribution is -0.870. The topological polar surface area (TPSA) is 94.1 Å². The standard InChI is InChI=1S/C58H102NO7P/c1-6-8-10-12-14-16-18-20-22-24-26-28-29-30-31-32-33-35-37-39-41-43-45-47-49-51-58(60)66-57(56-65-67(61,62)64-54-52-59(3,4)5)55-63-53-50-48-46-44-42-40-38-36-34-27-25-23-21-19-17-15-13-11-9-7-2/h8,10,14-17,20-23,26-28,30-31,34,57H,6-7,9,11-13,18-19,24-25,29,32-33,35-56H2,1-5H3/b10-8-,16-14-,17-15-,22-20-,23-21-,28-26-,31-30-,34-27-. The molecule has 0 amide bonds. The molecule has 0 aromatic heterocycles. The van der Waals surface area contributed by atoms with Crippen LogP contribution in [-0.2, 0) is 27.9 Å². The maximum Gasteiger partial charge on any atom is 0.306 e. The summed E-state index contributed by atoms with van der Waals surface area (Å²) in [6.07, 6.45) is 68.6. The molecule has 8 nitrogen and oxygen atoms in total. The van der Waals surface area contributed by atoms with E-state index in [-0.39, 0.29) is 25.8 Å². The Morgan fingerprint density at radius 2 is 0.866 bits per heavy atom. The summed E-state index contributed by atoms with van der Waals surface area (Å²) in [5, 5.41) is 0. The van der Waals surface area contributed by atoms with Gasteiger partial charge in [-0.15, -0.1) is 0 Å². The molecule has 0 rings (SSSR count). The number of hydrogen-bond donors (Lipinski definition) is 0. The molecule has 0 spiro atoms. The fourth-order valence-corrected chi connectivity index (χ4v) is 7.72. The zero-order valence-corrected chi connectivity index (χ0v) is 44.7. The predicted octanol–water partition coefficient (Wildman–Crippen LogP) is 16.3. The number of hydrogen-bond acceptors (Lipinski definition) is 7. The van der Waals surface area contributed by atoms with Crippen molar-refractivity contribution in [1.29, 1.82) is 0 Å². The summed E-state index contributed by atoms with van der Waals surface area (Å²) < 4.78 is 34.8. The number of carbonyl (C=O) groups is 1. The third-order valence-corrected chi connectivity index (χ3v) is 12.1. The van der Waals surface area contributed by atoms with Gasteiger partial charge in [-0.05, 0) is 96.3 Å². The van der Waals surface area contributed by atoms with E-state index in [0.717, 1.165) is 96.3 Å². The van der Waals surface area contributed by atoms with Crippen LogP contribution in [0.25, 0.3) is 0 Å². The zero-order chi connectivity index (χ0) is 49.0. The lowest BCUT2D eigenvalue weighted by Crippen LogP contribution is -2.37. The van der Waals surface area contributed by atoms with Crippen LogP contribution in [0.3, 0.4) is 0 Å². The van der Waals surface area contributed by atoms with Crippen molar-refractivity contribution in [3.8, 4) is 0 Å².